The first-order chi connectivity index (χ1) is 19.0. The zero-order valence-electron chi connectivity index (χ0n) is 25.0. The maximum atomic E-state index is 5.55. The van der Waals surface area contributed by atoms with Gasteiger partial charge < -0.3 is 20.3 Å². The van der Waals surface area contributed by atoms with Crippen molar-refractivity contribution >= 4 is 28.4 Å². The molecule has 2 N–H and O–H groups in total. The molecule has 2 atom stereocenters. The van der Waals surface area contributed by atoms with Gasteiger partial charge in [0.15, 0.2) is 0 Å². The Morgan fingerprint density at radius 3 is 1.54 bits per heavy atom. The van der Waals surface area contributed by atoms with Crippen LogP contribution in [-0.4, -0.2) is 19.2 Å². The van der Waals surface area contributed by atoms with E-state index >= 15 is 0 Å². The highest BCUT2D eigenvalue weighted by molar-refractivity contribution is 5.78. The van der Waals surface area contributed by atoms with Gasteiger partial charge in [0.2, 0.25) is 0 Å². The summed E-state index contributed by atoms with van der Waals surface area (Å²) < 4.78 is 5.55. The van der Waals surface area contributed by atoms with Crippen molar-refractivity contribution in [1.29, 1.82) is 0 Å². The molecule has 0 fully saturated rings. The van der Waals surface area contributed by atoms with Gasteiger partial charge in [-0.1, -0.05) is 71.3 Å². The molecule has 0 heterocycles. The molecule has 2 unspecified atom stereocenters. The lowest BCUT2D eigenvalue weighted by Crippen LogP contribution is -2.15. The molecule has 4 nitrogen and oxygen atoms in total. The van der Waals surface area contributed by atoms with Gasteiger partial charge >= 0.3 is 0 Å². The fourth-order valence-electron chi connectivity index (χ4n) is 5.08. The topological polar surface area (TPSA) is 36.5 Å². The van der Waals surface area contributed by atoms with Crippen molar-refractivity contribution in [2.24, 2.45) is 0 Å². The van der Waals surface area contributed by atoms with E-state index in [1.165, 1.54) is 75.6 Å². The number of anilines is 5. The molecular formula is C35H51N3O. The van der Waals surface area contributed by atoms with E-state index in [1.807, 2.05) is 12.1 Å². The monoisotopic (exact) mass is 529 g/mol. The van der Waals surface area contributed by atoms with Gasteiger partial charge in [-0.25, -0.2) is 0 Å². The van der Waals surface area contributed by atoms with Gasteiger partial charge in [-0.05, 0) is 87.4 Å². The second-order valence-electron chi connectivity index (χ2n) is 10.9. The first kappa shape index (κ1) is 30.4. The molecule has 39 heavy (non-hydrogen) atoms. The molecule has 0 saturated carbocycles. The van der Waals surface area contributed by atoms with E-state index in [9.17, 15) is 0 Å². The van der Waals surface area contributed by atoms with E-state index in [4.69, 9.17) is 4.74 Å². The van der Waals surface area contributed by atoms with Crippen molar-refractivity contribution < 1.29 is 4.74 Å². The summed E-state index contributed by atoms with van der Waals surface area (Å²) in [7, 11) is 1.72. The zero-order valence-corrected chi connectivity index (χ0v) is 25.0. The largest absolute Gasteiger partial charge is 0.497 e. The summed E-state index contributed by atoms with van der Waals surface area (Å²) in [6.45, 7) is 9.09. The van der Waals surface area contributed by atoms with E-state index in [1.54, 1.807) is 7.11 Å². The van der Waals surface area contributed by atoms with Gasteiger partial charge in [-0.15, -0.1) is 0 Å². The Labute approximate surface area is 238 Å². The number of nitrogens with one attached hydrogen (secondary N) is 2. The molecule has 0 bridgehead atoms. The quantitative estimate of drug-likeness (QED) is 0.161. The van der Waals surface area contributed by atoms with Gasteiger partial charge in [-0.3, -0.25) is 0 Å². The van der Waals surface area contributed by atoms with Crippen LogP contribution in [0.5, 0.6) is 5.75 Å². The van der Waals surface area contributed by atoms with E-state index in [2.05, 4.69) is 104 Å². The molecule has 0 aromatic heterocycles. The molecule has 0 aliphatic rings. The number of rotatable bonds is 18. The standard InChI is InChI=1S/C35H51N3O/c1-6-8-10-12-15-28(3)36-30-19-23-32(24-20-30)38(34-17-14-18-35(27-34)39-5)33-25-21-31(22-26-33)37-29(4)16-13-11-9-7-2/h14,17-29,36-37H,6-13,15-16H2,1-5H3. The van der Waals surface area contributed by atoms with Crippen LogP contribution in [-0.2, 0) is 0 Å². The Morgan fingerprint density at radius 2 is 1.10 bits per heavy atom. The summed E-state index contributed by atoms with van der Waals surface area (Å²) in [5, 5.41) is 7.37. The second kappa shape index (κ2) is 16.7. The van der Waals surface area contributed by atoms with Crippen LogP contribution in [0.15, 0.2) is 72.8 Å². The first-order valence-electron chi connectivity index (χ1n) is 15.2. The minimum Gasteiger partial charge on any atom is -0.497 e. The predicted molar refractivity (Wildman–Crippen MR) is 171 cm³/mol. The van der Waals surface area contributed by atoms with Crippen LogP contribution in [0.2, 0.25) is 0 Å². The number of hydrogen-bond acceptors (Lipinski definition) is 4. The van der Waals surface area contributed by atoms with Crippen LogP contribution in [0.1, 0.15) is 91.9 Å². The lowest BCUT2D eigenvalue weighted by atomic mass is 10.1. The summed E-state index contributed by atoms with van der Waals surface area (Å²) in [4.78, 5) is 2.29. The molecule has 212 valence electrons. The van der Waals surface area contributed by atoms with Crippen molar-refractivity contribution in [2.75, 3.05) is 22.6 Å². The fourth-order valence-corrected chi connectivity index (χ4v) is 5.08. The summed E-state index contributed by atoms with van der Waals surface area (Å²) in [5.41, 5.74) is 5.65. The maximum absolute atomic E-state index is 5.55. The van der Waals surface area contributed by atoms with Gasteiger partial charge in [0.05, 0.1) is 7.11 Å². The highest BCUT2D eigenvalue weighted by Gasteiger charge is 2.14. The Hall–Kier alpha value is -3.14. The third-order valence-corrected chi connectivity index (χ3v) is 7.37. The highest BCUT2D eigenvalue weighted by atomic mass is 16.5. The number of unbranched alkanes of at least 4 members (excludes halogenated alkanes) is 6. The molecule has 0 amide bonds. The van der Waals surface area contributed by atoms with Crippen LogP contribution in [0.25, 0.3) is 0 Å². The lowest BCUT2D eigenvalue weighted by Gasteiger charge is -2.27. The number of methoxy groups -OCH3 is 1. The molecule has 3 rings (SSSR count). The Morgan fingerprint density at radius 1 is 0.615 bits per heavy atom. The highest BCUT2D eigenvalue weighted by Crippen LogP contribution is 2.37. The first-order valence-corrected chi connectivity index (χ1v) is 15.2. The lowest BCUT2D eigenvalue weighted by molar-refractivity contribution is 0.415. The maximum Gasteiger partial charge on any atom is 0.120 e. The summed E-state index contributed by atoms with van der Waals surface area (Å²) in [6, 6.07) is 26.8. The Bertz CT molecular complexity index is 1000. The predicted octanol–water partition coefficient (Wildman–Crippen LogP) is 10.7. The summed E-state index contributed by atoms with van der Waals surface area (Å²) in [6.07, 6.45) is 12.8. The third-order valence-electron chi connectivity index (χ3n) is 7.37. The number of ether oxygens (including phenoxy) is 1. The third kappa shape index (κ3) is 10.2. The van der Waals surface area contributed by atoms with Gasteiger partial charge in [-0.2, -0.15) is 0 Å². The zero-order chi connectivity index (χ0) is 27.9. The molecule has 4 heteroatoms. The van der Waals surface area contributed by atoms with Crippen molar-refractivity contribution in [1.82, 2.24) is 0 Å². The normalized spacial score (nSPS) is 12.5. The van der Waals surface area contributed by atoms with Crippen molar-refractivity contribution in [3.63, 3.8) is 0 Å². The van der Waals surface area contributed by atoms with Gasteiger partial charge in [0, 0.05) is 46.6 Å². The summed E-state index contributed by atoms with van der Waals surface area (Å²) in [5.74, 6) is 0.850. The average Bonchev–Trinajstić information content (AvgIpc) is 2.95. The van der Waals surface area contributed by atoms with Crippen LogP contribution >= 0.6 is 0 Å². The minimum atomic E-state index is 0.469. The molecule has 0 radical (unpaired) electrons. The molecule has 0 spiro atoms. The number of hydrogen-bond donors (Lipinski definition) is 2. The molecule has 0 saturated heterocycles. The van der Waals surface area contributed by atoms with Crippen LogP contribution in [0.4, 0.5) is 28.4 Å². The van der Waals surface area contributed by atoms with E-state index in [0.717, 1.165) is 22.8 Å². The van der Waals surface area contributed by atoms with Crippen LogP contribution in [0.3, 0.4) is 0 Å². The van der Waals surface area contributed by atoms with Crippen LogP contribution < -0.4 is 20.3 Å². The van der Waals surface area contributed by atoms with E-state index in [-0.39, 0.29) is 0 Å². The smallest absolute Gasteiger partial charge is 0.120 e. The van der Waals surface area contributed by atoms with Crippen molar-refractivity contribution in [3.05, 3.63) is 72.8 Å². The fraction of sp³-hybridized carbons (Fsp3) is 0.486. The SMILES string of the molecule is CCCCCCC(C)Nc1ccc(N(c2ccc(NC(C)CCCCCC)cc2)c2cccc(OC)c2)cc1. The molecule has 3 aromatic carbocycles. The Kier molecular flexibility index (Phi) is 13.1. The molecule has 0 aliphatic heterocycles. The number of nitrogens with zero attached hydrogens (tertiary/aromatic N) is 1. The van der Waals surface area contributed by atoms with Crippen LogP contribution in [0, 0.1) is 0 Å². The Balaban J connectivity index is 1.74. The van der Waals surface area contributed by atoms with Crippen molar-refractivity contribution in [3.8, 4) is 5.75 Å². The van der Waals surface area contributed by atoms with Gasteiger partial charge in [0.25, 0.3) is 0 Å². The second-order valence-corrected chi connectivity index (χ2v) is 10.9. The molecular weight excluding hydrogens is 478 g/mol. The minimum absolute atomic E-state index is 0.469. The van der Waals surface area contributed by atoms with E-state index < -0.39 is 0 Å². The molecule has 0 aliphatic carbocycles. The van der Waals surface area contributed by atoms with Gasteiger partial charge in [0.1, 0.15) is 5.75 Å². The number of benzene rings is 3. The average molecular weight is 530 g/mol. The molecule has 3 aromatic rings. The van der Waals surface area contributed by atoms with E-state index in [0.29, 0.717) is 12.1 Å². The summed E-state index contributed by atoms with van der Waals surface area (Å²) >= 11 is 0. The van der Waals surface area contributed by atoms with Crippen molar-refractivity contribution in [2.45, 2.75) is 104 Å².